The van der Waals surface area contributed by atoms with E-state index in [0.717, 1.165) is 36.5 Å². The lowest BCUT2D eigenvalue weighted by Crippen LogP contribution is -2.40. The maximum Gasteiger partial charge on any atom is 0.211 e. The van der Waals surface area contributed by atoms with Crippen molar-refractivity contribution in [2.75, 3.05) is 19.3 Å². The fourth-order valence-corrected chi connectivity index (χ4v) is 4.10. The van der Waals surface area contributed by atoms with E-state index in [4.69, 9.17) is 0 Å². The van der Waals surface area contributed by atoms with E-state index in [1.807, 2.05) is 25.3 Å². The summed E-state index contributed by atoms with van der Waals surface area (Å²) in [7, 11) is -3.11. The van der Waals surface area contributed by atoms with Crippen molar-refractivity contribution in [2.24, 2.45) is 5.92 Å². The van der Waals surface area contributed by atoms with E-state index in [1.54, 1.807) is 16.7 Å². The highest BCUT2D eigenvalue weighted by Crippen LogP contribution is 2.25. The second kappa shape index (κ2) is 6.41. The molecule has 1 aliphatic heterocycles. The second-order valence-electron chi connectivity index (χ2n) is 6.20. The van der Waals surface area contributed by atoms with Crippen molar-refractivity contribution in [1.82, 2.24) is 18.8 Å². The minimum absolute atomic E-state index is 0.312. The summed E-state index contributed by atoms with van der Waals surface area (Å²) >= 11 is 0. The summed E-state index contributed by atoms with van der Waals surface area (Å²) < 4.78 is 27.4. The van der Waals surface area contributed by atoms with Crippen LogP contribution in [-0.2, 0) is 16.6 Å². The highest BCUT2D eigenvalue weighted by atomic mass is 32.2. The molecule has 0 bridgehead atoms. The zero-order valence-corrected chi connectivity index (χ0v) is 14.3. The number of piperidine rings is 1. The van der Waals surface area contributed by atoms with Gasteiger partial charge in [0.05, 0.1) is 6.26 Å². The van der Waals surface area contributed by atoms with Gasteiger partial charge in [0.25, 0.3) is 0 Å². The molecule has 124 valence electrons. The molecule has 1 fully saturated rings. The Morgan fingerprint density at radius 1 is 1.30 bits per heavy atom. The Morgan fingerprint density at radius 2 is 2.04 bits per heavy atom. The summed E-state index contributed by atoms with van der Waals surface area (Å²) in [5, 5.41) is 0. The van der Waals surface area contributed by atoms with E-state index in [9.17, 15) is 8.42 Å². The molecule has 0 saturated carbocycles. The molecule has 3 heterocycles. The number of imidazole rings is 1. The molecule has 2 aromatic heterocycles. The largest absolute Gasteiger partial charge is 0.328 e. The monoisotopic (exact) mass is 334 g/mol. The second-order valence-corrected chi connectivity index (χ2v) is 8.18. The van der Waals surface area contributed by atoms with Crippen LogP contribution >= 0.6 is 0 Å². The number of aromatic nitrogens is 3. The molecule has 1 aliphatic rings. The fourth-order valence-electron chi connectivity index (χ4n) is 3.16. The Morgan fingerprint density at radius 3 is 2.74 bits per heavy atom. The van der Waals surface area contributed by atoms with Crippen molar-refractivity contribution in [3.05, 3.63) is 36.4 Å². The SMILES string of the molecule is Cc1cnc(-c2ccncc2)n1CC1CCCN(S(C)(=O)=O)C1. The molecule has 23 heavy (non-hydrogen) atoms. The summed E-state index contributed by atoms with van der Waals surface area (Å²) in [5.41, 5.74) is 2.12. The van der Waals surface area contributed by atoms with E-state index in [-0.39, 0.29) is 0 Å². The minimum Gasteiger partial charge on any atom is -0.328 e. The van der Waals surface area contributed by atoms with Crippen LogP contribution in [0, 0.1) is 12.8 Å². The number of sulfonamides is 1. The van der Waals surface area contributed by atoms with E-state index in [2.05, 4.69) is 14.5 Å². The molecule has 6 nitrogen and oxygen atoms in total. The molecule has 0 spiro atoms. The third-order valence-corrected chi connectivity index (χ3v) is 5.65. The molecule has 7 heteroatoms. The van der Waals surface area contributed by atoms with Gasteiger partial charge in [0, 0.05) is 49.5 Å². The maximum absolute atomic E-state index is 11.8. The molecular formula is C16H22N4O2S. The average Bonchev–Trinajstić information content (AvgIpc) is 2.89. The van der Waals surface area contributed by atoms with Gasteiger partial charge in [-0.3, -0.25) is 4.98 Å². The Labute approximate surface area is 137 Å². The normalized spacial score (nSPS) is 19.8. The van der Waals surface area contributed by atoms with Crippen molar-refractivity contribution in [2.45, 2.75) is 26.3 Å². The van der Waals surface area contributed by atoms with Crippen molar-refractivity contribution in [1.29, 1.82) is 0 Å². The van der Waals surface area contributed by atoms with Crippen LogP contribution in [0.3, 0.4) is 0 Å². The lowest BCUT2D eigenvalue weighted by atomic mass is 9.99. The van der Waals surface area contributed by atoms with Crippen LogP contribution in [0.5, 0.6) is 0 Å². The molecule has 1 saturated heterocycles. The molecule has 1 atom stereocenters. The van der Waals surface area contributed by atoms with Crippen molar-refractivity contribution < 1.29 is 8.42 Å². The third-order valence-electron chi connectivity index (χ3n) is 4.39. The lowest BCUT2D eigenvalue weighted by molar-refractivity contribution is 0.246. The highest BCUT2D eigenvalue weighted by molar-refractivity contribution is 7.88. The molecular weight excluding hydrogens is 312 g/mol. The number of nitrogens with zero attached hydrogens (tertiary/aromatic N) is 4. The number of aryl methyl sites for hydroxylation is 1. The molecule has 0 N–H and O–H groups in total. The summed E-state index contributed by atoms with van der Waals surface area (Å²) in [5.74, 6) is 1.23. The van der Waals surface area contributed by atoms with Gasteiger partial charge in [-0.25, -0.2) is 17.7 Å². The van der Waals surface area contributed by atoms with Gasteiger partial charge in [-0.15, -0.1) is 0 Å². The maximum atomic E-state index is 11.8. The molecule has 0 aromatic carbocycles. The first-order valence-corrected chi connectivity index (χ1v) is 9.67. The summed E-state index contributed by atoms with van der Waals surface area (Å²) in [4.78, 5) is 8.57. The molecule has 0 radical (unpaired) electrons. The van der Waals surface area contributed by atoms with Gasteiger partial charge in [-0.2, -0.15) is 0 Å². The van der Waals surface area contributed by atoms with Gasteiger partial charge in [0.1, 0.15) is 5.82 Å². The third kappa shape index (κ3) is 3.61. The first-order valence-electron chi connectivity index (χ1n) is 7.83. The Hall–Kier alpha value is -1.73. The average molecular weight is 334 g/mol. The summed E-state index contributed by atoms with van der Waals surface area (Å²) in [6.45, 7) is 4.05. The van der Waals surface area contributed by atoms with Crippen molar-refractivity contribution >= 4 is 10.0 Å². The fraction of sp³-hybridized carbons (Fsp3) is 0.500. The van der Waals surface area contributed by atoms with Gasteiger partial charge < -0.3 is 4.57 Å². The van der Waals surface area contributed by atoms with Crippen LogP contribution in [0.2, 0.25) is 0 Å². The molecule has 0 amide bonds. The first-order chi connectivity index (χ1) is 10.9. The van der Waals surface area contributed by atoms with Crippen LogP contribution in [0.15, 0.2) is 30.7 Å². The van der Waals surface area contributed by atoms with Gasteiger partial charge in [0.2, 0.25) is 10.0 Å². The summed E-state index contributed by atoms with van der Waals surface area (Å²) in [6, 6.07) is 3.89. The van der Waals surface area contributed by atoms with Crippen LogP contribution in [0.1, 0.15) is 18.5 Å². The van der Waals surface area contributed by atoms with Crippen molar-refractivity contribution in [3.63, 3.8) is 0 Å². The van der Waals surface area contributed by atoms with E-state index in [0.29, 0.717) is 19.0 Å². The topological polar surface area (TPSA) is 68.1 Å². The highest BCUT2D eigenvalue weighted by Gasteiger charge is 2.27. The molecule has 1 unspecified atom stereocenters. The first kappa shape index (κ1) is 16.1. The molecule has 3 rings (SSSR count). The zero-order valence-electron chi connectivity index (χ0n) is 13.5. The summed E-state index contributed by atoms with van der Waals surface area (Å²) in [6.07, 6.45) is 8.63. The van der Waals surface area contributed by atoms with Gasteiger partial charge in [0.15, 0.2) is 0 Å². The van der Waals surface area contributed by atoms with E-state index < -0.39 is 10.0 Å². The van der Waals surface area contributed by atoms with Crippen LogP contribution in [0.25, 0.3) is 11.4 Å². The van der Waals surface area contributed by atoms with E-state index in [1.165, 1.54) is 6.26 Å². The van der Waals surface area contributed by atoms with E-state index >= 15 is 0 Å². The Kier molecular flexibility index (Phi) is 4.50. The number of hydrogen-bond acceptors (Lipinski definition) is 4. The van der Waals surface area contributed by atoms with Crippen LogP contribution in [-0.4, -0.2) is 46.6 Å². The smallest absolute Gasteiger partial charge is 0.211 e. The number of hydrogen-bond donors (Lipinski definition) is 0. The Bertz CT molecular complexity index is 771. The quantitative estimate of drug-likeness (QED) is 0.857. The minimum atomic E-state index is -3.11. The lowest BCUT2D eigenvalue weighted by Gasteiger charge is -2.31. The Balaban J connectivity index is 1.82. The van der Waals surface area contributed by atoms with Gasteiger partial charge in [-0.05, 0) is 37.8 Å². The van der Waals surface area contributed by atoms with Crippen LogP contribution in [0.4, 0.5) is 0 Å². The van der Waals surface area contributed by atoms with Crippen molar-refractivity contribution in [3.8, 4) is 11.4 Å². The molecule has 0 aliphatic carbocycles. The van der Waals surface area contributed by atoms with Gasteiger partial charge in [-0.1, -0.05) is 0 Å². The standard InChI is InChI=1S/C16H22N4O2S/c1-13-10-18-16(15-5-7-17-8-6-15)20(13)12-14-4-3-9-19(11-14)23(2,21)22/h5-8,10,14H,3-4,9,11-12H2,1-2H3. The predicted molar refractivity (Wildman–Crippen MR) is 89.3 cm³/mol. The van der Waals surface area contributed by atoms with Crippen LogP contribution < -0.4 is 0 Å². The predicted octanol–water partition coefficient (Wildman–Crippen LogP) is 1.93. The van der Waals surface area contributed by atoms with Gasteiger partial charge >= 0.3 is 0 Å². The molecule has 2 aromatic rings. The zero-order chi connectivity index (χ0) is 16.4. The number of pyridine rings is 1. The number of rotatable bonds is 4.